The second-order valence-electron chi connectivity index (χ2n) is 5.59. The van der Waals surface area contributed by atoms with Crippen LogP contribution in [0.2, 0.25) is 0 Å². The van der Waals surface area contributed by atoms with Crippen molar-refractivity contribution >= 4 is 26.9 Å². The lowest BCUT2D eigenvalue weighted by Crippen LogP contribution is -2.06. The standard InChI is InChI=1S/C16H21NO3S2/c1-12(2)11-20-15-6-4-5-14(9-15)17-10-13-7-8-21-16(13)22(3,18)19/h4-9,12,17H,10-11H2,1-3H3. The summed E-state index contributed by atoms with van der Waals surface area (Å²) < 4.78 is 29.5. The van der Waals surface area contributed by atoms with Gasteiger partial charge in [-0.2, -0.15) is 0 Å². The fraction of sp³-hybridized carbons (Fsp3) is 0.375. The largest absolute Gasteiger partial charge is 0.493 e. The highest BCUT2D eigenvalue weighted by atomic mass is 32.2. The number of rotatable bonds is 7. The second-order valence-corrected chi connectivity index (χ2v) is 8.72. The van der Waals surface area contributed by atoms with Gasteiger partial charge in [0.05, 0.1) is 6.61 Å². The van der Waals surface area contributed by atoms with Crippen LogP contribution in [-0.4, -0.2) is 21.3 Å². The first-order valence-corrected chi connectivity index (χ1v) is 9.86. The molecule has 2 aromatic rings. The van der Waals surface area contributed by atoms with Gasteiger partial charge in [0.1, 0.15) is 9.96 Å². The molecule has 2 rings (SSSR count). The van der Waals surface area contributed by atoms with Crippen LogP contribution in [-0.2, 0) is 16.4 Å². The van der Waals surface area contributed by atoms with E-state index in [1.807, 2.05) is 30.3 Å². The summed E-state index contributed by atoms with van der Waals surface area (Å²) in [5.41, 5.74) is 1.70. The molecule has 0 unspecified atom stereocenters. The third-order valence-electron chi connectivity index (χ3n) is 2.94. The van der Waals surface area contributed by atoms with E-state index in [0.29, 0.717) is 23.3 Å². The predicted octanol–water partition coefficient (Wildman–Crippen LogP) is 3.80. The Bertz CT molecular complexity index is 720. The molecule has 4 nitrogen and oxygen atoms in total. The molecule has 6 heteroatoms. The van der Waals surface area contributed by atoms with E-state index in [4.69, 9.17) is 4.74 Å². The van der Waals surface area contributed by atoms with E-state index in [0.717, 1.165) is 17.0 Å². The highest BCUT2D eigenvalue weighted by Gasteiger charge is 2.14. The Kier molecular flexibility index (Phi) is 5.47. The molecular formula is C16H21NO3S2. The van der Waals surface area contributed by atoms with Gasteiger partial charge in [-0.15, -0.1) is 11.3 Å². The van der Waals surface area contributed by atoms with Crippen molar-refractivity contribution in [2.24, 2.45) is 5.92 Å². The zero-order chi connectivity index (χ0) is 16.2. The van der Waals surface area contributed by atoms with Gasteiger partial charge in [-0.3, -0.25) is 0 Å². The number of benzene rings is 1. The van der Waals surface area contributed by atoms with Crippen molar-refractivity contribution < 1.29 is 13.2 Å². The van der Waals surface area contributed by atoms with Gasteiger partial charge in [-0.05, 0) is 29.5 Å². The lowest BCUT2D eigenvalue weighted by atomic mass is 10.2. The zero-order valence-electron chi connectivity index (χ0n) is 13.0. The number of ether oxygens (including phenoxy) is 1. The summed E-state index contributed by atoms with van der Waals surface area (Å²) in [4.78, 5) is 0. The maximum Gasteiger partial charge on any atom is 0.185 e. The molecule has 0 saturated carbocycles. The van der Waals surface area contributed by atoms with Crippen LogP contribution in [0.1, 0.15) is 19.4 Å². The second kappa shape index (κ2) is 7.15. The van der Waals surface area contributed by atoms with Crippen molar-refractivity contribution in [1.29, 1.82) is 0 Å². The minimum atomic E-state index is -3.17. The van der Waals surface area contributed by atoms with Gasteiger partial charge >= 0.3 is 0 Å². The van der Waals surface area contributed by atoms with Crippen LogP contribution in [0.4, 0.5) is 5.69 Å². The molecule has 0 saturated heterocycles. The summed E-state index contributed by atoms with van der Waals surface area (Å²) in [6, 6.07) is 9.54. The Labute approximate surface area is 136 Å². The predicted molar refractivity (Wildman–Crippen MR) is 91.5 cm³/mol. The molecule has 0 aliphatic rings. The van der Waals surface area contributed by atoms with Crippen molar-refractivity contribution in [1.82, 2.24) is 0 Å². The van der Waals surface area contributed by atoms with E-state index in [1.165, 1.54) is 17.6 Å². The van der Waals surface area contributed by atoms with Crippen molar-refractivity contribution in [2.45, 2.75) is 24.6 Å². The van der Waals surface area contributed by atoms with Crippen LogP contribution in [0, 0.1) is 5.92 Å². The van der Waals surface area contributed by atoms with Gasteiger partial charge in [-0.1, -0.05) is 19.9 Å². The molecule has 1 heterocycles. The topological polar surface area (TPSA) is 55.4 Å². The normalized spacial score (nSPS) is 11.6. The molecule has 0 fully saturated rings. The molecule has 0 atom stereocenters. The molecule has 22 heavy (non-hydrogen) atoms. The summed E-state index contributed by atoms with van der Waals surface area (Å²) in [6.07, 6.45) is 1.24. The Hall–Kier alpha value is -1.53. The van der Waals surface area contributed by atoms with E-state index in [1.54, 1.807) is 5.38 Å². The summed E-state index contributed by atoms with van der Waals surface area (Å²) in [6.45, 7) is 5.35. The average molecular weight is 339 g/mol. The lowest BCUT2D eigenvalue weighted by molar-refractivity contribution is 0.271. The van der Waals surface area contributed by atoms with E-state index < -0.39 is 9.84 Å². The minimum absolute atomic E-state index is 0.423. The molecule has 1 aromatic carbocycles. The molecule has 0 radical (unpaired) electrons. The van der Waals surface area contributed by atoms with Crippen LogP contribution in [0.15, 0.2) is 39.9 Å². The third-order valence-corrected chi connectivity index (χ3v) is 5.82. The van der Waals surface area contributed by atoms with E-state index in [-0.39, 0.29) is 0 Å². The fourth-order valence-corrected chi connectivity index (χ4v) is 4.06. The number of sulfone groups is 1. The molecular weight excluding hydrogens is 318 g/mol. The summed E-state index contributed by atoms with van der Waals surface area (Å²) >= 11 is 1.25. The number of hydrogen-bond donors (Lipinski definition) is 1. The van der Waals surface area contributed by atoms with Crippen molar-refractivity contribution in [2.75, 3.05) is 18.2 Å². The number of hydrogen-bond acceptors (Lipinski definition) is 5. The average Bonchev–Trinajstić information content (AvgIpc) is 2.92. The molecule has 0 aliphatic heterocycles. The first-order chi connectivity index (χ1) is 10.4. The first-order valence-electron chi connectivity index (χ1n) is 7.09. The highest BCUT2D eigenvalue weighted by Crippen LogP contribution is 2.24. The first kappa shape index (κ1) is 16.8. The molecule has 120 valence electrons. The monoisotopic (exact) mass is 339 g/mol. The van der Waals surface area contributed by atoms with Gasteiger partial charge in [0.25, 0.3) is 0 Å². The maximum atomic E-state index is 11.7. The number of nitrogens with one attached hydrogen (secondary N) is 1. The molecule has 0 amide bonds. The van der Waals surface area contributed by atoms with Gasteiger partial charge in [0.15, 0.2) is 9.84 Å². The molecule has 1 N–H and O–H groups in total. The molecule has 0 spiro atoms. The summed E-state index contributed by atoms with van der Waals surface area (Å²) in [5, 5.41) is 5.05. The summed E-state index contributed by atoms with van der Waals surface area (Å²) in [7, 11) is -3.17. The van der Waals surface area contributed by atoms with Crippen molar-refractivity contribution in [3.63, 3.8) is 0 Å². The smallest absolute Gasteiger partial charge is 0.185 e. The maximum absolute atomic E-state index is 11.7. The van der Waals surface area contributed by atoms with Crippen LogP contribution >= 0.6 is 11.3 Å². The van der Waals surface area contributed by atoms with Crippen LogP contribution < -0.4 is 10.1 Å². The molecule has 0 aliphatic carbocycles. The van der Waals surface area contributed by atoms with Gasteiger partial charge in [0, 0.05) is 30.1 Å². The van der Waals surface area contributed by atoms with E-state index in [2.05, 4.69) is 19.2 Å². The zero-order valence-corrected chi connectivity index (χ0v) is 14.6. The van der Waals surface area contributed by atoms with Crippen LogP contribution in [0.3, 0.4) is 0 Å². The van der Waals surface area contributed by atoms with Gasteiger partial charge in [-0.25, -0.2) is 8.42 Å². The Morgan fingerprint density at radius 3 is 2.73 bits per heavy atom. The number of anilines is 1. The highest BCUT2D eigenvalue weighted by molar-refractivity contribution is 7.92. The van der Waals surface area contributed by atoms with E-state index >= 15 is 0 Å². The Morgan fingerprint density at radius 1 is 1.27 bits per heavy atom. The quantitative estimate of drug-likeness (QED) is 0.833. The molecule has 0 bridgehead atoms. The van der Waals surface area contributed by atoms with Crippen molar-refractivity contribution in [3.8, 4) is 5.75 Å². The van der Waals surface area contributed by atoms with Gasteiger partial charge in [0.2, 0.25) is 0 Å². The Balaban J connectivity index is 2.03. The number of thiophene rings is 1. The fourth-order valence-electron chi connectivity index (χ4n) is 1.93. The minimum Gasteiger partial charge on any atom is -0.493 e. The molecule has 1 aromatic heterocycles. The lowest BCUT2D eigenvalue weighted by Gasteiger charge is -2.11. The van der Waals surface area contributed by atoms with Crippen molar-refractivity contribution in [3.05, 3.63) is 41.3 Å². The van der Waals surface area contributed by atoms with Gasteiger partial charge < -0.3 is 10.1 Å². The summed E-state index contributed by atoms with van der Waals surface area (Å²) in [5.74, 6) is 1.28. The van der Waals surface area contributed by atoms with E-state index in [9.17, 15) is 8.42 Å². The van der Waals surface area contributed by atoms with Crippen LogP contribution in [0.5, 0.6) is 5.75 Å². The third kappa shape index (κ3) is 4.74. The SMILES string of the molecule is CC(C)COc1cccc(NCc2ccsc2S(C)(=O)=O)c1. The van der Waals surface area contributed by atoms with Crippen LogP contribution in [0.25, 0.3) is 0 Å². The Morgan fingerprint density at radius 2 is 2.05 bits per heavy atom.